The Hall–Kier alpha value is -4.32. The highest BCUT2D eigenvalue weighted by molar-refractivity contribution is 5.52. The lowest BCUT2D eigenvalue weighted by atomic mass is 10.1. The molecular weight excluding hydrogens is 480 g/mol. The van der Waals surface area contributed by atoms with Crippen LogP contribution in [0.25, 0.3) is 0 Å². The Labute approximate surface area is 224 Å². The van der Waals surface area contributed by atoms with E-state index < -0.39 is 0 Å². The normalized spacial score (nSPS) is 10.0. The molecule has 0 aliphatic rings. The van der Waals surface area contributed by atoms with Gasteiger partial charge in [0.05, 0.1) is 0 Å². The molecule has 0 saturated heterocycles. The van der Waals surface area contributed by atoms with Gasteiger partial charge in [-0.2, -0.15) is 0 Å². The molecule has 0 spiro atoms. The van der Waals surface area contributed by atoms with Crippen LogP contribution in [0, 0.1) is 65.3 Å². The highest BCUT2D eigenvalue weighted by atomic mass is 16.7. The maximum Gasteiger partial charge on any atom is 0.133 e. The summed E-state index contributed by atoms with van der Waals surface area (Å²) < 4.78 is 12.3. The van der Waals surface area contributed by atoms with Crippen LogP contribution in [0.1, 0.15) is 44.5 Å². The Morgan fingerprint density at radius 2 is 0.737 bits per heavy atom. The highest BCUT2D eigenvalue weighted by Gasteiger charge is 2.12. The smallest absolute Gasteiger partial charge is 0.133 e. The van der Waals surface area contributed by atoms with E-state index in [-0.39, 0.29) is 0 Å². The van der Waals surface area contributed by atoms with Crippen molar-refractivity contribution in [1.29, 1.82) is 0 Å². The first-order chi connectivity index (χ1) is 18.0. The summed E-state index contributed by atoms with van der Waals surface area (Å²) in [4.78, 5) is 14.0. The number of rotatable bonds is 4. The number of ether oxygens (including phenoxy) is 2. The van der Waals surface area contributed by atoms with Crippen LogP contribution >= 0.6 is 0 Å². The average Bonchev–Trinajstić information content (AvgIpc) is 2.87. The average molecular weight is 517 g/mol. The van der Waals surface area contributed by atoms with E-state index in [9.17, 15) is 10.2 Å². The third kappa shape index (κ3) is 7.35. The van der Waals surface area contributed by atoms with Gasteiger partial charge in [0.1, 0.15) is 34.5 Å². The van der Waals surface area contributed by atoms with Gasteiger partial charge >= 0.3 is 0 Å². The molecule has 0 saturated carbocycles. The van der Waals surface area contributed by atoms with E-state index >= 15 is 0 Å². The van der Waals surface area contributed by atoms with Crippen LogP contribution < -0.4 is 9.47 Å². The summed E-state index contributed by atoms with van der Waals surface area (Å²) in [5, 5.41) is 19.2. The van der Waals surface area contributed by atoms with Gasteiger partial charge in [0, 0.05) is 9.93 Å². The number of aryl methyl sites for hydroxylation is 8. The number of benzene rings is 4. The van der Waals surface area contributed by atoms with Gasteiger partial charge in [-0.1, -0.05) is 36.4 Å². The van der Waals surface area contributed by atoms with E-state index in [1.165, 1.54) is 0 Å². The minimum Gasteiger partial charge on any atom is -0.507 e. The predicted octanol–water partition coefficient (Wildman–Crippen LogP) is 8.90. The molecule has 0 fully saturated rings. The number of aromatic hydroxyl groups is 2. The highest BCUT2D eigenvalue weighted by Crippen LogP contribution is 2.37. The van der Waals surface area contributed by atoms with Crippen LogP contribution in [0.15, 0.2) is 60.7 Å². The van der Waals surface area contributed by atoms with E-state index in [1.807, 2.05) is 90.1 Å². The molecule has 0 aliphatic carbocycles. The third-order valence-electron chi connectivity index (χ3n) is 6.19. The van der Waals surface area contributed by atoms with Gasteiger partial charge in [0.2, 0.25) is 0 Å². The second kappa shape index (κ2) is 13.3. The van der Waals surface area contributed by atoms with Crippen molar-refractivity contribution in [2.45, 2.75) is 55.4 Å². The van der Waals surface area contributed by atoms with Crippen LogP contribution in [0.2, 0.25) is 0 Å². The summed E-state index contributed by atoms with van der Waals surface area (Å²) >= 11 is 0. The third-order valence-corrected chi connectivity index (χ3v) is 6.19. The lowest BCUT2D eigenvalue weighted by molar-refractivity contribution is 0.450. The first-order valence-corrected chi connectivity index (χ1v) is 12.2. The molecule has 4 aromatic carbocycles. The Kier molecular flexibility index (Phi) is 10.5. The summed E-state index contributed by atoms with van der Waals surface area (Å²) in [6, 6.07) is 19.5. The minimum absolute atomic E-state index is 0.313. The van der Waals surface area contributed by atoms with Gasteiger partial charge in [0.25, 0.3) is 0 Å². The fraction of sp³-hybridized carbons (Fsp3) is 0.250. The number of para-hydroxylation sites is 2. The summed E-state index contributed by atoms with van der Waals surface area (Å²) in [5.41, 5.74) is 7.70. The Balaban J connectivity index is 0.000000387. The SMILES string of the molecule is Cc1cc(Oc2c(C)cc(Oc3c(C)cccc3C)cc2C)cc(C)c1O.Cc1cccc(C)c1O.O=O. The number of phenols is 2. The molecule has 0 radical (unpaired) electrons. The molecule has 200 valence electrons. The fourth-order valence-corrected chi connectivity index (χ4v) is 4.11. The maximum absolute atomic E-state index is 9.96. The Morgan fingerprint density at radius 3 is 1.11 bits per heavy atom. The second-order valence-corrected chi connectivity index (χ2v) is 9.46. The molecule has 0 unspecified atom stereocenters. The Morgan fingerprint density at radius 1 is 0.447 bits per heavy atom. The van der Waals surface area contributed by atoms with Crippen LogP contribution in [-0.2, 0) is 0 Å². The van der Waals surface area contributed by atoms with Gasteiger partial charge in [-0.05, 0) is 124 Å². The molecule has 4 rings (SSSR count). The van der Waals surface area contributed by atoms with Crippen molar-refractivity contribution >= 4 is 0 Å². The van der Waals surface area contributed by atoms with Crippen molar-refractivity contribution in [2.75, 3.05) is 0 Å². The molecular formula is C32H36O6. The van der Waals surface area contributed by atoms with Crippen molar-refractivity contribution in [3.63, 3.8) is 0 Å². The summed E-state index contributed by atoms with van der Waals surface area (Å²) in [5.74, 6) is 3.96. The van der Waals surface area contributed by atoms with Gasteiger partial charge in [0.15, 0.2) is 0 Å². The van der Waals surface area contributed by atoms with Gasteiger partial charge < -0.3 is 19.7 Å². The summed E-state index contributed by atoms with van der Waals surface area (Å²) in [6.07, 6.45) is 0. The van der Waals surface area contributed by atoms with Crippen molar-refractivity contribution in [3.05, 3.63) is 115 Å². The zero-order valence-electron chi connectivity index (χ0n) is 23.3. The lowest BCUT2D eigenvalue weighted by Crippen LogP contribution is -1.96. The van der Waals surface area contributed by atoms with E-state index in [0.29, 0.717) is 11.5 Å². The topological polar surface area (TPSA) is 93.1 Å². The van der Waals surface area contributed by atoms with Crippen LogP contribution in [0.5, 0.6) is 34.5 Å². The van der Waals surface area contributed by atoms with Crippen molar-refractivity contribution in [2.24, 2.45) is 0 Å². The molecule has 0 amide bonds. The van der Waals surface area contributed by atoms with Crippen LogP contribution in [-0.4, -0.2) is 10.2 Å². The number of phenolic OH excluding ortho intramolecular Hbond substituents is 2. The summed E-state index contributed by atoms with van der Waals surface area (Å²) in [7, 11) is 0. The molecule has 0 aliphatic heterocycles. The first kappa shape index (κ1) is 29.9. The fourth-order valence-electron chi connectivity index (χ4n) is 4.11. The zero-order valence-corrected chi connectivity index (χ0v) is 23.3. The van der Waals surface area contributed by atoms with E-state index in [1.54, 1.807) is 0 Å². The lowest BCUT2D eigenvalue weighted by Gasteiger charge is -2.17. The van der Waals surface area contributed by atoms with E-state index in [2.05, 4.69) is 26.0 Å². The second-order valence-electron chi connectivity index (χ2n) is 9.46. The van der Waals surface area contributed by atoms with Crippen molar-refractivity contribution in [3.8, 4) is 34.5 Å². The predicted molar refractivity (Wildman–Crippen MR) is 154 cm³/mol. The summed E-state index contributed by atoms with van der Waals surface area (Å²) in [6.45, 7) is 15.7. The van der Waals surface area contributed by atoms with Crippen molar-refractivity contribution < 1.29 is 19.7 Å². The number of hydrogen-bond acceptors (Lipinski definition) is 6. The largest absolute Gasteiger partial charge is 0.507 e. The molecule has 4 aromatic rings. The Bertz CT molecular complexity index is 1320. The van der Waals surface area contributed by atoms with Gasteiger partial charge in [-0.15, -0.1) is 0 Å². The molecule has 6 heteroatoms. The molecule has 0 bridgehead atoms. The molecule has 2 N–H and O–H groups in total. The zero-order chi connectivity index (χ0) is 28.6. The molecule has 0 aromatic heterocycles. The monoisotopic (exact) mass is 516 g/mol. The van der Waals surface area contributed by atoms with Crippen LogP contribution in [0.3, 0.4) is 0 Å². The standard InChI is InChI=1S/C24H26O3.C8H10O.O2/c1-14-8-7-9-15(2)23(14)26-21-12-18(5)24(19(6)13-21)27-20-10-16(3)22(25)17(4)11-20;1-6-4-3-5-7(2)8(6)9;1-2/h7-13,25H,1-6H3;3-5,9H,1-2H3;. The van der Waals surface area contributed by atoms with E-state index in [0.717, 1.165) is 67.5 Å². The van der Waals surface area contributed by atoms with Gasteiger partial charge in [-0.3, -0.25) is 0 Å². The maximum atomic E-state index is 9.96. The van der Waals surface area contributed by atoms with Gasteiger partial charge in [-0.25, -0.2) is 0 Å². The molecule has 0 atom stereocenters. The quantitative estimate of drug-likeness (QED) is 0.281. The van der Waals surface area contributed by atoms with Crippen LogP contribution in [0.4, 0.5) is 0 Å². The first-order valence-electron chi connectivity index (χ1n) is 12.2. The molecule has 0 heterocycles. The molecule has 38 heavy (non-hydrogen) atoms. The minimum atomic E-state index is 0.313. The molecule has 6 nitrogen and oxygen atoms in total. The van der Waals surface area contributed by atoms with Crippen molar-refractivity contribution in [1.82, 2.24) is 0 Å². The number of hydrogen-bond donors (Lipinski definition) is 2. The van der Waals surface area contributed by atoms with E-state index in [4.69, 9.17) is 19.4 Å².